The summed E-state index contributed by atoms with van der Waals surface area (Å²) in [6, 6.07) is 6.73. The maximum Gasteiger partial charge on any atom is 0.135 e. The Morgan fingerprint density at radius 3 is 2.58 bits per heavy atom. The van der Waals surface area contributed by atoms with Crippen LogP contribution in [0.15, 0.2) is 24.3 Å². The molecule has 0 saturated carbocycles. The highest BCUT2D eigenvalue weighted by atomic mass is 19.1. The van der Waals surface area contributed by atoms with Gasteiger partial charge in [0.05, 0.1) is 0 Å². The van der Waals surface area contributed by atoms with E-state index in [1.54, 1.807) is 12.1 Å². The summed E-state index contributed by atoms with van der Waals surface area (Å²) in [7, 11) is 1.84. The van der Waals surface area contributed by atoms with Gasteiger partial charge in [-0.3, -0.25) is 0 Å². The summed E-state index contributed by atoms with van der Waals surface area (Å²) in [4.78, 5) is 8.94. The number of rotatable bonds is 4. The molecule has 0 aliphatic rings. The van der Waals surface area contributed by atoms with E-state index < -0.39 is 0 Å². The lowest BCUT2D eigenvalue weighted by atomic mass is 10.1. The number of anilines is 1. The van der Waals surface area contributed by atoms with Gasteiger partial charge in [-0.2, -0.15) is 0 Å². The van der Waals surface area contributed by atoms with E-state index in [1.165, 1.54) is 6.07 Å². The second-order valence-electron chi connectivity index (χ2n) is 4.42. The molecule has 1 aromatic carbocycles. The summed E-state index contributed by atoms with van der Waals surface area (Å²) >= 11 is 0. The second kappa shape index (κ2) is 5.78. The number of nitrogens with zero attached hydrogens (tertiary/aromatic N) is 2. The van der Waals surface area contributed by atoms with E-state index in [2.05, 4.69) is 22.2 Å². The smallest absolute Gasteiger partial charge is 0.135 e. The Morgan fingerprint density at radius 2 is 1.95 bits per heavy atom. The van der Waals surface area contributed by atoms with Crippen molar-refractivity contribution in [1.82, 2.24) is 9.97 Å². The molecule has 0 spiro atoms. The number of aryl methyl sites for hydroxylation is 1. The van der Waals surface area contributed by atoms with E-state index in [9.17, 15) is 4.39 Å². The number of halogens is 1. The van der Waals surface area contributed by atoms with Crippen molar-refractivity contribution in [3.8, 4) is 0 Å². The molecule has 19 heavy (non-hydrogen) atoms. The molecule has 2 rings (SSSR count). The zero-order valence-electron chi connectivity index (χ0n) is 11.5. The molecule has 0 saturated heterocycles. The molecule has 2 aromatic rings. The Kier molecular flexibility index (Phi) is 4.10. The average Bonchev–Trinajstić information content (AvgIpc) is 2.40. The topological polar surface area (TPSA) is 37.8 Å². The van der Waals surface area contributed by atoms with Crippen molar-refractivity contribution >= 4 is 5.82 Å². The van der Waals surface area contributed by atoms with E-state index in [0.717, 1.165) is 23.5 Å². The van der Waals surface area contributed by atoms with Crippen molar-refractivity contribution in [2.45, 2.75) is 26.7 Å². The molecule has 0 radical (unpaired) electrons. The van der Waals surface area contributed by atoms with Gasteiger partial charge in [-0.1, -0.05) is 25.1 Å². The van der Waals surface area contributed by atoms with Crippen molar-refractivity contribution < 1.29 is 4.39 Å². The monoisotopic (exact) mass is 259 g/mol. The molecule has 0 atom stereocenters. The summed E-state index contributed by atoms with van der Waals surface area (Å²) < 4.78 is 13.6. The quantitative estimate of drug-likeness (QED) is 0.916. The summed E-state index contributed by atoms with van der Waals surface area (Å²) in [5.41, 5.74) is 2.68. The summed E-state index contributed by atoms with van der Waals surface area (Å²) in [5.74, 6) is 1.26. The van der Waals surface area contributed by atoms with Gasteiger partial charge in [0.15, 0.2) is 0 Å². The first-order chi connectivity index (χ1) is 9.15. The molecule has 3 nitrogen and oxygen atoms in total. The standard InChI is InChI=1S/C15H18FN3/c1-4-12-10(2)18-14(19-15(12)17-3)9-11-7-5-6-8-13(11)16/h5-8H,4,9H2,1-3H3,(H,17,18,19). The lowest BCUT2D eigenvalue weighted by Crippen LogP contribution is -2.08. The number of hydrogen-bond donors (Lipinski definition) is 1. The van der Waals surface area contributed by atoms with Crippen LogP contribution in [0.5, 0.6) is 0 Å². The fourth-order valence-electron chi connectivity index (χ4n) is 2.18. The van der Waals surface area contributed by atoms with Crippen LogP contribution in [-0.4, -0.2) is 17.0 Å². The summed E-state index contributed by atoms with van der Waals surface area (Å²) in [6.07, 6.45) is 1.29. The molecule has 4 heteroatoms. The Morgan fingerprint density at radius 1 is 1.21 bits per heavy atom. The van der Waals surface area contributed by atoms with E-state index in [-0.39, 0.29) is 5.82 Å². The normalized spacial score (nSPS) is 10.5. The van der Waals surface area contributed by atoms with Gasteiger partial charge in [0.2, 0.25) is 0 Å². The van der Waals surface area contributed by atoms with Crippen LogP contribution < -0.4 is 5.32 Å². The lowest BCUT2D eigenvalue weighted by Gasteiger charge is -2.11. The van der Waals surface area contributed by atoms with Gasteiger partial charge in [0, 0.05) is 24.7 Å². The predicted octanol–water partition coefficient (Wildman–Crippen LogP) is 3.12. The molecule has 0 aliphatic carbocycles. The van der Waals surface area contributed by atoms with Crippen molar-refractivity contribution in [2.24, 2.45) is 0 Å². The molecule has 1 heterocycles. The zero-order chi connectivity index (χ0) is 13.8. The van der Waals surface area contributed by atoms with E-state index in [0.29, 0.717) is 17.8 Å². The predicted molar refractivity (Wildman–Crippen MR) is 74.9 cm³/mol. The third-order valence-corrected chi connectivity index (χ3v) is 3.16. The summed E-state index contributed by atoms with van der Waals surface area (Å²) in [6.45, 7) is 4.04. The van der Waals surface area contributed by atoms with Gasteiger partial charge in [-0.25, -0.2) is 14.4 Å². The molecule has 0 unspecified atom stereocenters. The number of aromatic nitrogens is 2. The molecule has 100 valence electrons. The molecule has 0 fully saturated rings. The van der Waals surface area contributed by atoms with Gasteiger partial charge in [-0.05, 0) is 25.0 Å². The SMILES string of the molecule is CCc1c(C)nc(Cc2ccccc2F)nc1NC. The summed E-state index contributed by atoms with van der Waals surface area (Å²) in [5, 5.41) is 3.08. The van der Waals surface area contributed by atoms with Gasteiger partial charge in [0.25, 0.3) is 0 Å². The van der Waals surface area contributed by atoms with Crippen LogP contribution in [0.2, 0.25) is 0 Å². The van der Waals surface area contributed by atoms with Crippen LogP contribution in [0.1, 0.15) is 29.6 Å². The van der Waals surface area contributed by atoms with Crippen LogP contribution in [0.3, 0.4) is 0 Å². The lowest BCUT2D eigenvalue weighted by molar-refractivity contribution is 0.612. The van der Waals surface area contributed by atoms with Crippen molar-refractivity contribution in [3.63, 3.8) is 0 Å². The Hall–Kier alpha value is -1.97. The van der Waals surface area contributed by atoms with E-state index in [1.807, 2.05) is 20.0 Å². The Bertz CT molecular complexity index is 582. The fraction of sp³-hybridized carbons (Fsp3) is 0.333. The second-order valence-corrected chi connectivity index (χ2v) is 4.42. The maximum absolute atomic E-state index is 13.6. The number of hydrogen-bond acceptors (Lipinski definition) is 3. The van der Waals surface area contributed by atoms with E-state index >= 15 is 0 Å². The molecule has 0 amide bonds. The van der Waals surface area contributed by atoms with Gasteiger partial charge in [0.1, 0.15) is 17.5 Å². The zero-order valence-corrected chi connectivity index (χ0v) is 11.5. The van der Waals surface area contributed by atoms with Crippen LogP contribution in [0.4, 0.5) is 10.2 Å². The van der Waals surface area contributed by atoms with Gasteiger partial charge in [-0.15, -0.1) is 0 Å². The molecule has 1 aromatic heterocycles. The first kappa shape index (κ1) is 13.5. The highest BCUT2D eigenvalue weighted by Gasteiger charge is 2.11. The first-order valence-corrected chi connectivity index (χ1v) is 6.43. The minimum absolute atomic E-state index is 0.214. The van der Waals surface area contributed by atoms with Crippen molar-refractivity contribution in [2.75, 3.05) is 12.4 Å². The minimum atomic E-state index is -0.214. The maximum atomic E-state index is 13.6. The number of nitrogens with one attached hydrogen (secondary N) is 1. The average molecular weight is 259 g/mol. The first-order valence-electron chi connectivity index (χ1n) is 6.43. The third-order valence-electron chi connectivity index (χ3n) is 3.16. The van der Waals surface area contributed by atoms with Gasteiger partial charge < -0.3 is 5.32 Å². The van der Waals surface area contributed by atoms with Crippen molar-refractivity contribution in [1.29, 1.82) is 0 Å². The van der Waals surface area contributed by atoms with Gasteiger partial charge >= 0.3 is 0 Å². The Labute approximate surface area is 112 Å². The van der Waals surface area contributed by atoms with Crippen molar-refractivity contribution in [3.05, 3.63) is 52.7 Å². The van der Waals surface area contributed by atoms with E-state index in [4.69, 9.17) is 0 Å². The Balaban J connectivity index is 2.36. The van der Waals surface area contributed by atoms with Crippen LogP contribution in [-0.2, 0) is 12.8 Å². The fourth-order valence-corrected chi connectivity index (χ4v) is 2.18. The molecule has 0 aliphatic heterocycles. The molecular formula is C15H18FN3. The third kappa shape index (κ3) is 2.89. The molecule has 0 bridgehead atoms. The van der Waals surface area contributed by atoms with Crippen LogP contribution in [0.25, 0.3) is 0 Å². The highest BCUT2D eigenvalue weighted by Crippen LogP contribution is 2.18. The number of benzene rings is 1. The molecular weight excluding hydrogens is 241 g/mol. The van der Waals surface area contributed by atoms with Crippen LogP contribution in [0, 0.1) is 12.7 Å². The molecule has 1 N–H and O–H groups in total. The largest absolute Gasteiger partial charge is 0.373 e. The van der Waals surface area contributed by atoms with Crippen LogP contribution >= 0.6 is 0 Å². The minimum Gasteiger partial charge on any atom is -0.373 e. The highest BCUT2D eigenvalue weighted by molar-refractivity contribution is 5.46.